The third-order valence-corrected chi connectivity index (χ3v) is 8.38. The summed E-state index contributed by atoms with van der Waals surface area (Å²) >= 11 is 1.03. The van der Waals surface area contributed by atoms with Crippen molar-refractivity contribution in [3.63, 3.8) is 0 Å². The Kier molecular flexibility index (Phi) is 6.41. The second-order valence-electron chi connectivity index (χ2n) is 9.30. The lowest BCUT2D eigenvalue weighted by Gasteiger charge is -2.52. The van der Waals surface area contributed by atoms with E-state index in [2.05, 4.69) is 14.9 Å². The molecule has 8 nitrogen and oxygen atoms in total. The summed E-state index contributed by atoms with van der Waals surface area (Å²) in [5.74, 6) is 0.349. The average Bonchev–Trinajstić information content (AvgIpc) is 3.20. The number of sulfonamides is 1. The van der Waals surface area contributed by atoms with E-state index in [1.165, 1.54) is 12.4 Å². The molecule has 3 saturated heterocycles. The molecule has 2 aromatic heterocycles. The highest BCUT2D eigenvalue weighted by molar-refractivity contribution is 7.88. The molecule has 1 aromatic carbocycles. The van der Waals surface area contributed by atoms with E-state index < -0.39 is 22.6 Å². The lowest BCUT2D eigenvalue weighted by molar-refractivity contribution is -0.135. The number of nitrogens with zero attached hydrogens (tertiary/aromatic N) is 4. The van der Waals surface area contributed by atoms with Crippen LogP contribution in [0.25, 0.3) is 10.2 Å². The van der Waals surface area contributed by atoms with Gasteiger partial charge in [-0.1, -0.05) is 24.3 Å². The van der Waals surface area contributed by atoms with Crippen LogP contribution in [0.15, 0.2) is 36.7 Å². The topological polar surface area (TPSA) is 109 Å². The average molecular weight is 540 g/mol. The minimum atomic E-state index is -4.29. The van der Waals surface area contributed by atoms with Gasteiger partial charge in [-0.15, -0.1) is 11.3 Å². The zero-order valence-corrected chi connectivity index (χ0v) is 20.7. The molecule has 6 rings (SSSR count). The zero-order valence-electron chi connectivity index (χ0n) is 19.1. The van der Waals surface area contributed by atoms with E-state index in [4.69, 9.17) is 5.14 Å². The predicted molar refractivity (Wildman–Crippen MR) is 130 cm³/mol. The standard InChI is InChI=1S/C23H24F3N5O3S2/c24-23(25,26)9-18-8-19-21(28-13-29-22(19)35-18)31-11-16-5-6-17(31)10-30(16)20(32)7-14-1-3-15(4-2-14)12-36(27,33)34/h1-4,8,13,16-17H,5-7,9-12H2,(H2,27,33,34)/t16-,17-/m0/s1. The number of primary sulfonamides is 1. The van der Waals surface area contributed by atoms with Gasteiger partial charge in [-0.2, -0.15) is 13.2 Å². The molecule has 0 saturated carbocycles. The van der Waals surface area contributed by atoms with Crippen LogP contribution in [0.1, 0.15) is 28.8 Å². The normalized spacial score (nSPS) is 20.3. The SMILES string of the molecule is NS(=O)(=O)Cc1ccc(CC(=O)N2C[C@@H]3CC[C@H]2CN3c2ncnc3sc(CC(F)(F)F)cc23)cc1. The molecular weight excluding hydrogens is 515 g/mol. The van der Waals surface area contributed by atoms with Gasteiger partial charge in [0.2, 0.25) is 15.9 Å². The quantitative estimate of drug-likeness (QED) is 0.516. The van der Waals surface area contributed by atoms with Crippen LogP contribution in [0.2, 0.25) is 0 Å². The number of halogens is 3. The van der Waals surface area contributed by atoms with Crippen LogP contribution in [-0.2, 0) is 33.4 Å². The summed E-state index contributed by atoms with van der Waals surface area (Å²) in [5, 5.41) is 5.70. The van der Waals surface area contributed by atoms with Crippen molar-refractivity contribution in [2.24, 2.45) is 5.14 Å². The predicted octanol–water partition coefficient (Wildman–Crippen LogP) is 3.01. The van der Waals surface area contributed by atoms with Crippen molar-refractivity contribution in [1.29, 1.82) is 0 Å². The summed E-state index contributed by atoms with van der Waals surface area (Å²) in [6, 6.07) is 8.31. The summed E-state index contributed by atoms with van der Waals surface area (Å²) in [5.41, 5.74) is 1.34. The number of rotatable bonds is 6. The Bertz CT molecular complexity index is 1390. The lowest BCUT2D eigenvalue weighted by atomic mass is 9.90. The number of nitrogens with two attached hydrogens (primary N) is 1. The molecule has 2 N–H and O–H groups in total. The minimum absolute atomic E-state index is 0.0140. The Balaban J connectivity index is 1.29. The number of benzene rings is 1. The maximum absolute atomic E-state index is 13.1. The first kappa shape index (κ1) is 24.9. The Labute approximate surface area is 210 Å². The van der Waals surface area contributed by atoms with Gasteiger partial charge in [0.15, 0.2) is 0 Å². The number of piperazine rings is 1. The molecule has 3 aliphatic heterocycles. The maximum atomic E-state index is 13.1. The number of alkyl halides is 3. The summed E-state index contributed by atoms with van der Waals surface area (Å²) in [7, 11) is -3.62. The third kappa shape index (κ3) is 5.47. The van der Waals surface area contributed by atoms with Crippen molar-refractivity contribution in [2.45, 2.75) is 49.7 Å². The number of hydrogen-bond acceptors (Lipinski definition) is 7. The van der Waals surface area contributed by atoms with Crippen LogP contribution in [-0.4, -0.2) is 60.5 Å². The molecule has 1 amide bonds. The molecule has 36 heavy (non-hydrogen) atoms. The van der Waals surface area contributed by atoms with Gasteiger partial charge in [-0.25, -0.2) is 23.5 Å². The van der Waals surface area contributed by atoms with Crippen LogP contribution in [0.5, 0.6) is 0 Å². The molecular formula is C23H24F3N5O3S2. The van der Waals surface area contributed by atoms with E-state index in [1.807, 2.05) is 4.90 Å². The number of piperidine rings is 2. The fourth-order valence-corrected chi connectivity index (χ4v) is 6.74. The summed E-state index contributed by atoms with van der Waals surface area (Å²) in [6.07, 6.45) is -2.00. The van der Waals surface area contributed by atoms with Crippen molar-refractivity contribution in [2.75, 3.05) is 18.0 Å². The first-order chi connectivity index (χ1) is 16.9. The Hall–Kier alpha value is -2.77. The molecule has 0 aliphatic carbocycles. The van der Waals surface area contributed by atoms with Crippen molar-refractivity contribution in [3.8, 4) is 0 Å². The number of hydrogen-bond donors (Lipinski definition) is 1. The van der Waals surface area contributed by atoms with Gasteiger partial charge in [0.05, 0.1) is 24.0 Å². The van der Waals surface area contributed by atoms with Crippen LogP contribution in [0.4, 0.5) is 19.0 Å². The van der Waals surface area contributed by atoms with E-state index >= 15 is 0 Å². The lowest BCUT2D eigenvalue weighted by Crippen LogP contribution is -2.64. The van der Waals surface area contributed by atoms with Gasteiger partial charge in [0.1, 0.15) is 17.0 Å². The van der Waals surface area contributed by atoms with Crippen molar-refractivity contribution in [1.82, 2.24) is 14.9 Å². The number of carbonyl (C=O) groups is 1. The molecule has 3 aliphatic rings. The highest BCUT2D eigenvalue weighted by Crippen LogP contribution is 2.38. The van der Waals surface area contributed by atoms with E-state index in [9.17, 15) is 26.4 Å². The number of carbonyl (C=O) groups excluding carboxylic acids is 1. The van der Waals surface area contributed by atoms with E-state index in [0.29, 0.717) is 34.7 Å². The monoisotopic (exact) mass is 539 g/mol. The molecule has 192 valence electrons. The Morgan fingerprint density at radius 3 is 2.42 bits per heavy atom. The number of thiophene rings is 1. The largest absolute Gasteiger partial charge is 0.393 e. The summed E-state index contributed by atoms with van der Waals surface area (Å²) < 4.78 is 61.2. The molecule has 3 fully saturated rings. The van der Waals surface area contributed by atoms with Gasteiger partial charge >= 0.3 is 6.18 Å². The maximum Gasteiger partial charge on any atom is 0.393 e. The molecule has 5 heterocycles. The van der Waals surface area contributed by atoms with Gasteiger partial charge in [0.25, 0.3) is 0 Å². The van der Waals surface area contributed by atoms with Gasteiger partial charge in [-0.3, -0.25) is 4.79 Å². The van der Waals surface area contributed by atoms with Crippen molar-refractivity contribution in [3.05, 3.63) is 52.7 Å². The molecule has 0 unspecified atom stereocenters. The highest BCUT2D eigenvalue weighted by atomic mass is 32.2. The smallest absolute Gasteiger partial charge is 0.349 e. The summed E-state index contributed by atoms with van der Waals surface area (Å²) in [6.45, 7) is 1.07. The summed E-state index contributed by atoms with van der Waals surface area (Å²) in [4.78, 5) is 26.4. The Morgan fingerprint density at radius 1 is 1.08 bits per heavy atom. The van der Waals surface area contributed by atoms with Crippen LogP contribution >= 0.6 is 11.3 Å². The van der Waals surface area contributed by atoms with E-state index in [1.54, 1.807) is 24.3 Å². The fraction of sp³-hybridized carbons (Fsp3) is 0.435. The number of anilines is 1. The molecule has 3 aromatic rings. The van der Waals surface area contributed by atoms with Crippen molar-refractivity contribution < 1.29 is 26.4 Å². The van der Waals surface area contributed by atoms with E-state index in [0.717, 1.165) is 29.7 Å². The minimum Gasteiger partial charge on any atom is -0.349 e. The first-order valence-electron chi connectivity index (χ1n) is 11.4. The van der Waals surface area contributed by atoms with E-state index in [-0.39, 0.29) is 35.0 Å². The van der Waals surface area contributed by atoms with Crippen LogP contribution in [0, 0.1) is 0 Å². The van der Waals surface area contributed by atoms with Crippen LogP contribution < -0.4 is 10.0 Å². The van der Waals surface area contributed by atoms with Crippen molar-refractivity contribution >= 4 is 43.3 Å². The number of amides is 1. The number of fused-ring (bicyclic) bond motifs is 4. The van der Waals surface area contributed by atoms with Gasteiger partial charge in [0, 0.05) is 30.1 Å². The zero-order chi connectivity index (χ0) is 25.7. The van der Waals surface area contributed by atoms with Crippen LogP contribution in [0.3, 0.4) is 0 Å². The second-order valence-corrected chi connectivity index (χ2v) is 12.0. The Morgan fingerprint density at radius 2 is 1.78 bits per heavy atom. The van der Waals surface area contributed by atoms with Gasteiger partial charge in [-0.05, 0) is 30.0 Å². The number of aromatic nitrogens is 2. The molecule has 13 heteroatoms. The molecule has 0 spiro atoms. The second kappa shape index (κ2) is 9.27. The van der Waals surface area contributed by atoms with Gasteiger partial charge < -0.3 is 9.80 Å². The third-order valence-electron chi connectivity index (χ3n) is 6.60. The molecule has 2 atom stereocenters. The highest BCUT2D eigenvalue weighted by Gasteiger charge is 2.42. The molecule has 2 bridgehead atoms. The molecule has 0 radical (unpaired) electrons. The fourth-order valence-electron chi connectivity index (χ4n) is 5.06. The first-order valence-corrected chi connectivity index (χ1v) is 13.9.